The third kappa shape index (κ3) is 11.9. The van der Waals surface area contributed by atoms with Gasteiger partial charge in [0.15, 0.2) is 0 Å². The summed E-state index contributed by atoms with van der Waals surface area (Å²) in [6.45, 7) is 10.7. The van der Waals surface area contributed by atoms with E-state index in [0.29, 0.717) is 5.54 Å². The summed E-state index contributed by atoms with van der Waals surface area (Å²) in [4.78, 5) is 0. The van der Waals surface area contributed by atoms with Gasteiger partial charge in [0, 0.05) is 13.2 Å². The molecule has 0 radical (unpaired) electrons. The van der Waals surface area contributed by atoms with Crippen LogP contribution in [0, 0.1) is 0 Å². The molecule has 0 aromatic carbocycles. The number of hydrogen-bond donors (Lipinski definition) is 0. The highest BCUT2D eigenvalue weighted by molar-refractivity contribution is 6.46. The monoisotopic (exact) mass is 302 g/mol. The summed E-state index contributed by atoms with van der Waals surface area (Å²) in [5, 5.41) is 0. The molecule has 3 heteroatoms. The molecular weight excluding hydrogens is 264 g/mol. The van der Waals surface area contributed by atoms with Crippen LogP contribution in [0.1, 0.15) is 91.9 Å². The van der Waals surface area contributed by atoms with Crippen LogP contribution in [0.5, 0.6) is 0 Å². The van der Waals surface area contributed by atoms with E-state index in [1.807, 2.05) is 0 Å². The molecule has 122 valence electrons. The Morgan fingerprint density at radius 1 is 0.700 bits per heavy atom. The van der Waals surface area contributed by atoms with Gasteiger partial charge in [0.1, 0.15) is 0 Å². The molecule has 0 aliphatic heterocycles. The van der Waals surface area contributed by atoms with Gasteiger partial charge in [-0.05, 0) is 24.8 Å². The maximum atomic E-state index is 5.98. The molecule has 0 saturated carbocycles. The van der Waals surface area contributed by atoms with Crippen LogP contribution < -0.4 is 0 Å². The number of unbranched alkanes of at least 4 members (excludes halogenated alkanes) is 6. The molecule has 0 aromatic rings. The molecule has 0 bridgehead atoms. The van der Waals surface area contributed by atoms with E-state index >= 15 is 0 Å². The second kappa shape index (κ2) is 15.5. The van der Waals surface area contributed by atoms with E-state index in [1.54, 1.807) is 0 Å². The average Bonchev–Trinajstić information content (AvgIpc) is 2.46. The van der Waals surface area contributed by atoms with Crippen molar-refractivity contribution in [1.82, 2.24) is 0 Å². The first-order valence-electron chi connectivity index (χ1n) is 8.99. The maximum Gasteiger partial charge on any atom is 0.324 e. The minimum atomic E-state index is -1.43. The molecule has 0 amide bonds. The van der Waals surface area contributed by atoms with Crippen molar-refractivity contribution < 1.29 is 8.85 Å². The molecule has 0 N–H and O–H groups in total. The van der Waals surface area contributed by atoms with Crippen molar-refractivity contribution >= 4 is 9.28 Å². The van der Waals surface area contributed by atoms with E-state index in [2.05, 4.69) is 27.7 Å². The molecule has 1 unspecified atom stereocenters. The minimum Gasteiger partial charge on any atom is -0.396 e. The molecular formula is C17H38O2Si. The Labute approximate surface area is 129 Å². The lowest BCUT2D eigenvalue weighted by Crippen LogP contribution is -2.28. The maximum absolute atomic E-state index is 5.98. The third-order valence-corrected chi connectivity index (χ3v) is 6.09. The zero-order chi connectivity index (χ0) is 15.1. The van der Waals surface area contributed by atoms with Crippen molar-refractivity contribution in [2.24, 2.45) is 0 Å². The summed E-state index contributed by atoms with van der Waals surface area (Å²) in [7, 11) is -1.43. The highest BCUT2D eigenvalue weighted by atomic mass is 28.3. The quantitative estimate of drug-likeness (QED) is 0.290. The van der Waals surface area contributed by atoms with E-state index in [9.17, 15) is 0 Å². The highest BCUT2D eigenvalue weighted by Crippen LogP contribution is 2.21. The highest BCUT2D eigenvalue weighted by Gasteiger charge is 2.21. The van der Waals surface area contributed by atoms with Crippen LogP contribution in [-0.4, -0.2) is 22.5 Å². The van der Waals surface area contributed by atoms with Gasteiger partial charge in [-0.1, -0.05) is 72.6 Å². The van der Waals surface area contributed by atoms with Gasteiger partial charge in [0.05, 0.1) is 0 Å². The van der Waals surface area contributed by atoms with E-state index in [0.717, 1.165) is 26.1 Å². The largest absolute Gasteiger partial charge is 0.396 e. The van der Waals surface area contributed by atoms with Crippen LogP contribution in [-0.2, 0) is 8.85 Å². The lowest BCUT2D eigenvalue weighted by Gasteiger charge is -2.22. The van der Waals surface area contributed by atoms with Crippen molar-refractivity contribution in [3.63, 3.8) is 0 Å². The number of rotatable bonds is 15. The fraction of sp³-hybridized carbons (Fsp3) is 1.00. The fourth-order valence-electron chi connectivity index (χ4n) is 2.40. The average molecular weight is 303 g/mol. The van der Waals surface area contributed by atoms with Crippen LogP contribution in [0.15, 0.2) is 0 Å². The van der Waals surface area contributed by atoms with Gasteiger partial charge >= 0.3 is 9.28 Å². The Kier molecular flexibility index (Phi) is 15.6. The molecule has 0 aromatic heterocycles. The molecule has 0 fully saturated rings. The van der Waals surface area contributed by atoms with Crippen LogP contribution in [0.25, 0.3) is 0 Å². The van der Waals surface area contributed by atoms with Crippen LogP contribution >= 0.6 is 0 Å². The molecule has 0 rings (SSSR count). The standard InChI is InChI=1S/C17H38O2Si/c1-5-8-9-10-11-12-13-14-17(4)20(18-15-6-2)19-16-7-3/h17,20H,5-16H2,1-4H3. The Hall–Kier alpha value is 0.137. The molecule has 0 aliphatic carbocycles. The minimum absolute atomic E-state index is 0.656. The van der Waals surface area contributed by atoms with Gasteiger partial charge in [-0.3, -0.25) is 0 Å². The summed E-state index contributed by atoms with van der Waals surface area (Å²) < 4.78 is 12.0. The summed E-state index contributed by atoms with van der Waals surface area (Å²) in [5.41, 5.74) is 0.656. The smallest absolute Gasteiger partial charge is 0.324 e. The summed E-state index contributed by atoms with van der Waals surface area (Å²) in [5.74, 6) is 0. The summed E-state index contributed by atoms with van der Waals surface area (Å²) in [6.07, 6.45) is 13.2. The van der Waals surface area contributed by atoms with Crippen LogP contribution in [0.4, 0.5) is 0 Å². The molecule has 0 saturated heterocycles. The zero-order valence-electron chi connectivity index (χ0n) is 14.5. The predicted octanol–water partition coefficient (Wildman–Crippen LogP) is 5.59. The Morgan fingerprint density at radius 3 is 1.70 bits per heavy atom. The molecule has 20 heavy (non-hydrogen) atoms. The molecule has 2 nitrogen and oxygen atoms in total. The topological polar surface area (TPSA) is 18.5 Å². The normalized spacial score (nSPS) is 13.1. The third-order valence-electron chi connectivity index (χ3n) is 3.70. The predicted molar refractivity (Wildman–Crippen MR) is 91.7 cm³/mol. The lowest BCUT2D eigenvalue weighted by molar-refractivity contribution is 0.187. The lowest BCUT2D eigenvalue weighted by atomic mass is 10.1. The van der Waals surface area contributed by atoms with Gasteiger partial charge in [-0.25, -0.2) is 0 Å². The van der Waals surface area contributed by atoms with E-state index in [4.69, 9.17) is 8.85 Å². The second-order valence-corrected chi connectivity index (χ2v) is 8.54. The van der Waals surface area contributed by atoms with Crippen LogP contribution in [0.3, 0.4) is 0 Å². The molecule has 0 heterocycles. The summed E-state index contributed by atoms with van der Waals surface area (Å²) >= 11 is 0. The molecule has 0 spiro atoms. The Bertz CT molecular complexity index is 180. The summed E-state index contributed by atoms with van der Waals surface area (Å²) in [6, 6.07) is 0. The van der Waals surface area contributed by atoms with Gasteiger partial charge < -0.3 is 8.85 Å². The van der Waals surface area contributed by atoms with Crippen LogP contribution in [0.2, 0.25) is 5.54 Å². The number of hydrogen-bond acceptors (Lipinski definition) is 2. The van der Waals surface area contributed by atoms with Crippen molar-refractivity contribution in [2.75, 3.05) is 13.2 Å². The van der Waals surface area contributed by atoms with Gasteiger partial charge in [0.25, 0.3) is 0 Å². The Balaban J connectivity index is 3.67. The van der Waals surface area contributed by atoms with Gasteiger partial charge in [-0.15, -0.1) is 0 Å². The zero-order valence-corrected chi connectivity index (χ0v) is 15.6. The molecule has 1 atom stereocenters. The van der Waals surface area contributed by atoms with Crippen molar-refractivity contribution in [3.8, 4) is 0 Å². The van der Waals surface area contributed by atoms with E-state index in [-0.39, 0.29) is 0 Å². The van der Waals surface area contributed by atoms with E-state index < -0.39 is 9.28 Å². The van der Waals surface area contributed by atoms with Gasteiger partial charge in [0.2, 0.25) is 0 Å². The van der Waals surface area contributed by atoms with E-state index in [1.165, 1.54) is 51.4 Å². The Morgan fingerprint density at radius 2 is 1.20 bits per heavy atom. The van der Waals surface area contributed by atoms with Crippen molar-refractivity contribution in [1.29, 1.82) is 0 Å². The first kappa shape index (κ1) is 20.1. The molecule has 0 aliphatic rings. The SMILES string of the molecule is CCCCCCCCCC(C)[SiH](OCCC)OCCC. The van der Waals surface area contributed by atoms with Crippen molar-refractivity contribution in [3.05, 3.63) is 0 Å². The fourth-order valence-corrected chi connectivity index (χ4v) is 4.60. The second-order valence-electron chi connectivity index (χ2n) is 6.00. The van der Waals surface area contributed by atoms with Crippen molar-refractivity contribution in [2.45, 2.75) is 97.4 Å². The van der Waals surface area contributed by atoms with Gasteiger partial charge in [-0.2, -0.15) is 0 Å². The first-order chi connectivity index (χ1) is 9.76. The first-order valence-corrected chi connectivity index (χ1v) is 10.6.